The maximum atomic E-state index is 11.1. The molecule has 0 aliphatic heterocycles. The third-order valence-corrected chi connectivity index (χ3v) is 4.00. The van der Waals surface area contributed by atoms with E-state index in [4.69, 9.17) is 4.74 Å². The minimum absolute atomic E-state index is 0.193. The number of nitrogens with one attached hydrogen (secondary N) is 1. The molecule has 0 spiro atoms. The van der Waals surface area contributed by atoms with Crippen LogP contribution in [0.5, 0.6) is 0 Å². The summed E-state index contributed by atoms with van der Waals surface area (Å²) in [4.78, 5) is 11.7. The molecule has 0 aliphatic rings. The minimum Gasteiger partial charge on any atom is -0.743 e. The second-order valence-corrected chi connectivity index (χ2v) is 5.81. The molecule has 1 N–H and O–H groups in total. The van der Waals surface area contributed by atoms with Crippen molar-refractivity contribution in [2.75, 3.05) is 20.2 Å². The largest absolute Gasteiger partial charge is 0.743 e. The fourth-order valence-corrected chi connectivity index (χ4v) is 2.62. The lowest BCUT2D eigenvalue weighted by atomic mass is 10.3. The van der Waals surface area contributed by atoms with Gasteiger partial charge in [-0.05, 0) is 6.92 Å². The summed E-state index contributed by atoms with van der Waals surface area (Å²) >= 11 is 0. The van der Waals surface area contributed by atoms with Crippen molar-refractivity contribution < 1.29 is 27.4 Å². The maximum Gasteiger partial charge on any atom is 0.333 e. The highest BCUT2D eigenvalue weighted by molar-refractivity contribution is 7.86. The number of hydrogen-bond donors (Lipinski definition) is 1. The molecule has 106 valence electrons. The van der Waals surface area contributed by atoms with Gasteiger partial charge in [0.05, 0.1) is 20.2 Å². The molecule has 0 aromatic heterocycles. The van der Waals surface area contributed by atoms with Gasteiger partial charge in [0.15, 0.2) is 5.37 Å². The normalized spacial score (nSPS) is 14.9. The number of carbonyl (C=O) groups is 1. The Labute approximate surface area is 108 Å². The van der Waals surface area contributed by atoms with Crippen molar-refractivity contribution in [1.29, 1.82) is 0 Å². The Bertz CT molecular complexity index is 390. The third-order valence-electron chi connectivity index (χ3n) is 2.57. The monoisotopic (exact) mass is 279 g/mol. The molecule has 0 aromatic rings. The molecule has 0 saturated carbocycles. The quantitative estimate of drug-likeness (QED) is 0.274. The van der Waals surface area contributed by atoms with E-state index >= 15 is 0 Å². The van der Waals surface area contributed by atoms with Gasteiger partial charge in [0.1, 0.15) is 10.1 Å². The van der Waals surface area contributed by atoms with Crippen molar-refractivity contribution in [1.82, 2.24) is 0 Å². The van der Waals surface area contributed by atoms with Crippen molar-refractivity contribution in [2.45, 2.75) is 32.1 Å². The standard InChI is InChI=1S/C11H21NO5S/c1-5-10(18(14,15)16)12(4)7-6-8-17-11(13)9(2)3/h10H,2,5-8H2,1,3-4H3,(H,14,15,16). The molecule has 0 fully saturated rings. The Hall–Kier alpha value is -0.920. The molecule has 0 radical (unpaired) electrons. The first-order valence-corrected chi connectivity index (χ1v) is 7.27. The van der Waals surface area contributed by atoms with E-state index in [2.05, 4.69) is 6.58 Å². The van der Waals surface area contributed by atoms with Gasteiger partial charge in [0.25, 0.3) is 0 Å². The van der Waals surface area contributed by atoms with Crippen molar-refractivity contribution in [3.63, 3.8) is 0 Å². The Morgan fingerprint density at radius 2 is 2.06 bits per heavy atom. The molecular weight excluding hydrogens is 258 g/mol. The van der Waals surface area contributed by atoms with Gasteiger partial charge in [-0.25, -0.2) is 13.2 Å². The number of rotatable bonds is 8. The highest BCUT2D eigenvalue weighted by Crippen LogP contribution is 1.96. The highest BCUT2D eigenvalue weighted by atomic mass is 32.2. The van der Waals surface area contributed by atoms with E-state index in [1.165, 1.54) is 0 Å². The van der Waals surface area contributed by atoms with Gasteiger partial charge >= 0.3 is 5.97 Å². The van der Waals surface area contributed by atoms with Crippen molar-refractivity contribution >= 4 is 16.1 Å². The smallest absolute Gasteiger partial charge is 0.333 e. The molecule has 7 heteroatoms. The van der Waals surface area contributed by atoms with E-state index in [1.54, 1.807) is 20.9 Å². The summed E-state index contributed by atoms with van der Waals surface area (Å²) in [6.07, 6.45) is 0.764. The first-order chi connectivity index (χ1) is 8.20. The summed E-state index contributed by atoms with van der Waals surface area (Å²) in [6, 6.07) is 0. The van der Waals surface area contributed by atoms with Crippen molar-refractivity contribution in [2.24, 2.45) is 0 Å². The zero-order valence-corrected chi connectivity index (χ0v) is 11.9. The van der Waals surface area contributed by atoms with Crippen LogP contribution in [0.3, 0.4) is 0 Å². The molecule has 18 heavy (non-hydrogen) atoms. The Morgan fingerprint density at radius 3 is 2.44 bits per heavy atom. The number of esters is 1. The number of hydrogen-bond acceptors (Lipinski definition) is 5. The van der Waals surface area contributed by atoms with E-state index in [0.29, 0.717) is 23.4 Å². The van der Waals surface area contributed by atoms with Crippen LogP contribution < -0.4 is 4.90 Å². The minimum atomic E-state index is -4.29. The Morgan fingerprint density at radius 1 is 1.50 bits per heavy atom. The van der Waals surface area contributed by atoms with E-state index < -0.39 is 21.5 Å². The van der Waals surface area contributed by atoms with Crippen LogP contribution in [0.2, 0.25) is 0 Å². The summed E-state index contributed by atoms with van der Waals surface area (Å²) in [7, 11) is -2.65. The van der Waals surface area contributed by atoms with E-state index in [-0.39, 0.29) is 13.0 Å². The van der Waals surface area contributed by atoms with Crippen molar-refractivity contribution in [3.05, 3.63) is 12.2 Å². The van der Waals surface area contributed by atoms with Gasteiger partial charge in [-0.2, -0.15) is 0 Å². The predicted octanol–water partition coefficient (Wildman–Crippen LogP) is -0.708. The summed E-state index contributed by atoms with van der Waals surface area (Å²) in [6.45, 7) is 7.29. The van der Waals surface area contributed by atoms with E-state index in [0.717, 1.165) is 0 Å². The first-order valence-electron chi connectivity index (χ1n) is 5.79. The van der Waals surface area contributed by atoms with Gasteiger partial charge in [-0.3, -0.25) is 0 Å². The molecule has 2 unspecified atom stereocenters. The van der Waals surface area contributed by atoms with Gasteiger partial charge in [-0.15, -0.1) is 0 Å². The summed E-state index contributed by atoms with van der Waals surface area (Å²) < 4.78 is 37.8. The number of quaternary nitrogens is 1. The molecule has 6 nitrogen and oxygen atoms in total. The maximum absolute atomic E-state index is 11.1. The lowest BCUT2D eigenvalue weighted by Gasteiger charge is -2.26. The third kappa shape index (κ3) is 6.13. The van der Waals surface area contributed by atoms with Crippen LogP contribution in [0.4, 0.5) is 0 Å². The van der Waals surface area contributed by atoms with Crippen LogP contribution in [-0.4, -0.2) is 44.5 Å². The van der Waals surface area contributed by atoms with Gasteiger partial charge < -0.3 is 14.2 Å². The second-order valence-electron chi connectivity index (χ2n) is 4.26. The summed E-state index contributed by atoms with van der Waals surface area (Å²) in [5.74, 6) is -0.462. The van der Waals surface area contributed by atoms with Crippen LogP contribution in [0.1, 0.15) is 26.7 Å². The predicted molar refractivity (Wildman–Crippen MR) is 65.9 cm³/mol. The van der Waals surface area contributed by atoms with Crippen LogP contribution in [0, 0.1) is 0 Å². The van der Waals surface area contributed by atoms with E-state index in [9.17, 15) is 17.8 Å². The lowest BCUT2D eigenvalue weighted by molar-refractivity contribution is -0.892. The zero-order valence-electron chi connectivity index (χ0n) is 11.1. The van der Waals surface area contributed by atoms with Gasteiger partial charge in [0, 0.05) is 18.4 Å². The van der Waals surface area contributed by atoms with Crippen LogP contribution >= 0.6 is 0 Å². The molecule has 0 saturated heterocycles. The molecule has 0 aromatic carbocycles. The molecule has 0 bridgehead atoms. The van der Waals surface area contributed by atoms with E-state index in [1.807, 2.05) is 0 Å². The van der Waals surface area contributed by atoms with Crippen LogP contribution in [0.25, 0.3) is 0 Å². The lowest BCUT2D eigenvalue weighted by Crippen LogP contribution is -3.14. The number of ether oxygens (including phenoxy) is 1. The average molecular weight is 279 g/mol. The fourth-order valence-electron chi connectivity index (χ4n) is 1.60. The summed E-state index contributed by atoms with van der Waals surface area (Å²) in [5, 5.41) is -0.950. The number of carbonyl (C=O) groups excluding carboxylic acids is 1. The zero-order chi connectivity index (χ0) is 14.3. The first kappa shape index (κ1) is 17.1. The highest BCUT2D eigenvalue weighted by Gasteiger charge is 2.22. The fraction of sp³-hybridized carbons (Fsp3) is 0.727. The topological polar surface area (TPSA) is 87.9 Å². The molecule has 0 rings (SSSR count). The average Bonchev–Trinajstić information content (AvgIpc) is 2.22. The van der Waals surface area contributed by atoms with Gasteiger partial charge in [-0.1, -0.05) is 13.5 Å². The molecular formula is C11H21NO5S. The molecule has 0 amide bonds. The SMILES string of the molecule is C=C(C)C(=O)OCCC[NH+](C)C(CC)S(=O)(=O)[O-]. The van der Waals surface area contributed by atoms with Gasteiger partial charge in [0.2, 0.25) is 0 Å². The van der Waals surface area contributed by atoms with Crippen LogP contribution in [-0.2, 0) is 19.6 Å². The molecule has 0 aliphatic carbocycles. The van der Waals surface area contributed by atoms with Crippen LogP contribution in [0.15, 0.2) is 12.2 Å². The second kappa shape index (κ2) is 7.50. The Balaban J connectivity index is 4.07. The molecule has 2 atom stereocenters. The van der Waals surface area contributed by atoms with Crippen molar-refractivity contribution in [3.8, 4) is 0 Å². The molecule has 0 heterocycles. The summed E-state index contributed by atoms with van der Waals surface area (Å²) in [5.41, 5.74) is 0.323. The Kier molecular flexibility index (Phi) is 7.12.